The highest BCUT2D eigenvalue weighted by Gasteiger charge is 2.19. The summed E-state index contributed by atoms with van der Waals surface area (Å²) in [7, 11) is -2.10. The average molecular weight is 568 g/mol. The van der Waals surface area contributed by atoms with E-state index in [0.29, 0.717) is 18.1 Å². The molecular formula is C34H49NO4S. The number of nitrogens with zero attached hydrogens (tertiary/aromatic N) is 1. The summed E-state index contributed by atoms with van der Waals surface area (Å²) < 4.78 is 37.4. The third kappa shape index (κ3) is 10.8. The van der Waals surface area contributed by atoms with Crippen molar-refractivity contribution in [3.05, 3.63) is 54.7 Å². The molecule has 0 saturated heterocycles. The van der Waals surface area contributed by atoms with Gasteiger partial charge in [0.1, 0.15) is 11.5 Å². The predicted octanol–water partition coefficient (Wildman–Crippen LogP) is 9.72. The molecule has 0 fully saturated rings. The van der Waals surface area contributed by atoms with Gasteiger partial charge in [-0.3, -0.25) is 4.98 Å². The molecule has 0 unspecified atom stereocenters. The molecule has 1 heterocycles. The minimum absolute atomic E-state index is 0.162. The van der Waals surface area contributed by atoms with Crippen molar-refractivity contribution in [1.29, 1.82) is 0 Å². The zero-order valence-electron chi connectivity index (χ0n) is 24.7. The Labute approximate surface area is 242 Å². The molecule has 0 saturated carbocycles. The Morgan fingerprint density at radius 2 is 1.15 bits per heavy atom. The molecule has 40 heavy (non-hydrogen) atoms. The van der Waals surface area contributed by atoms with Gasteiger partial charge in [-0.25, -0.2) is 8.42 Å². The number of pyridine rings is 1. The molecule has 0 spiro atoms. The van der Waals surface area contributed by atoms with Crippen LogP contribution in [0, 0.1) is 0 Å². The fourth-order valence-corrected chi connectivity index (χ4v) is 6.29. The van der Waals surface area contributed by atoms with Crippen LogP contribution in [0.25, 0.3) is 10.9 Å². The number of ether oxygens (including phenoxy) is 2. The Kier molecular flexibility index (Phi) is 14.3. The number of benzene rings is 2. The van der Waals surface area contributed by atoms with E-state index in [1.54, 1.807) is 43.5 Å². The lowest BCUT2D eigenvalue weighted by molar-refractivity contribution is 0.304. The van der Waals surface area contributed by atoms with Gasteiger partial charge in [-0.05, 0) is 55.0 Å². The summed E-state index contributed by atoms with van der Waals surface area (Å²) >= 11 is 0. The summed E-state index contributed by atoms with van der Waals surface area (Å²) in [6, 6.07) is 13.7. The first-order valence-corrected chi connectivity index (χ1v) is 16.9. The minimum atomic E-state index is -3.68. The van der Waals surface area contributed by atoms with E-state index in [2.05, 4.69) is 11.9 Å². The number of hydrogen-bond donors (Lipinski definition) is 0. The molecule has 1 aromatic heterocycles. The van der Waals surface area contributed by atoms with Crippen molar-refractivity contribution < 1.29 is 17.9 Å². The zero-order chi connectivity index (χ0) is 28.5. The quantitative estimate of drug-likeness (QED) is 0.120. The lowest BCUT2D eigenvalue weighted by atomic mass is 10.0. The molecule has 0 aliphatic rings. The summed E-state index contributed by atoms with van der Waals surface area (Å²) in [4.78, 5) is 4.71. The molecule has 0 amide bonds. The average Bonchev–Trinajstić information content (AvgIpc) is 2.98. The van der Waals surface area contributed by atoms with Crippen molar-refractivity contribution in [2.45, 2.75) is 119 Å². The van der Waals surface area contributed by atoms with Crippen LogP contribution in [0.5, 0.6) is 11.5 Å². The Hall–Kier alpha value is -2.60. The van der Waals surface area contributed by atoms with E-state index in [1.807, 2.05) is 12.1 Å². The predicted molar refractivity (Wildman–Crippen MR) is 165 cm³/mol. The zero-order valence-corrected chi connectivity index (χ0v) is 25.5. The molecule has 5 nitrogen and oxygen atoms in total. The Balaban J connectivity index is 1.26. The van der Waals surface area contributed by atoms with Crippen LogP contribution in [0.15, 0.2) is 64.5 Å². The first-order chi connectivity index (χ1) is 19.5. The van der Waals surface area contributed by atoms with Crippen molar-refractivity contribution in [3.8, 4) is 11.5 Å². The summed E-state index contributed by atoms with van der Waals surface area (Å²) in [5.41, 5.74) is 0.720. The molecular weight excluding hydrogens is 518 g/mol. The topological polar surface area (TPSA) is 65.5 Å². The van der Waals surface area contributed by atoms with Gasteiger partial charge in [-0.1, -0.05) is 103 Å². The summed E-state index contributed by atoms with van der Waals surface area (Å²) in [6.07, 6.45) is 22.9. The summed E-state index contributed by atoms with van der Waals surface area (Å²) in [5.74, 6) is 1.36. The lowest BCUT2D eigenvalue weighted by Crippen LogP contribution is -2.03. The highest BCUT2D eigenvalue weighted by molar-refractivity contribution is 7.91. The van der Waals surface area contributed by atoms with E-state index in [4.69, 9.17) is 9.47 Å². The molecule has 3 rings (SSSR count). The molecule has 0 aliphatic heterocycles. The van der Waals surface area contributed by atoms with Gasteiger partial charge in [0.05, 0.1) is 29.0 Å². The van der Waals surface area contributed by atoms with Gasteiger partial charge < -0.3 is 9.47 Å². The minimum Gasteiger partial charge on any atom is -0.497 e. The fraction of sp³-hybridized carbons (Fsp3) is 0.559. The van der Waals surface area contributed by atoms with E-state index in [9.17, 15) is 8.42 Å². The van der Waals surface area contributed by atoms with E-state index >= 15 is 0 Å². The van der Waals surface area contributed by atoms with E-state index in [-0.39, 0.29) is 9.79 Å². The van der Waals surface area contributed by atoms with Crippen LogP contribution in [0.3, 0.4) is 0 Å². The molecule has 0 radical (unpaired) electrons. The molecule has 2 aromatic carbocycles. The Morgan fingerprint density at radius 1 is 0.625 bits per heavy atom. The molecule has 0 N–H and O–H groups in total. The lowest BCUT2D eigenvalue weighted by Gasteiger charge is -2.09. The van der Waals surface area contributed by atoms with E-state index in [0.717, 1.165) is 17.3 Å². The molecule has 0 bridgehead atoms. The second-order valence-electron chi connectivity index (χ2n) is 10.9. The maximum absolute atomic E-state index is 13.2. The van der Waals surface area contributed by atoms with Gasteiger partial charge in [0.25, 0.3) is 0 Å². The SMILES string of the molecule is CCCCCCCCCCCCCCCCCCOc1ccc(S(=O)(=O)c2cnc3ccc(OC)cc3c2)cc1. The van der Waals surface area contributed by atoms with Crippen LogP contribution in [0.1, 0.15) is 110 Å². The van der Waals surface area contributed by atoms with Crippen LogP contribution in [0.4, 0.5) is 0 Å². The van der Waals surface area contributed by atoms with Crippen molar-refractivity contribution in [1.82, 2.24) is 4.98 Å². The van der Waals surface area contributed by atoms with Gasteiger partial charge in [-0.15, -0.1) is 0 Å². The first-order valence-electron chi connectivity index (χ1n) is 15.5. The molecule has 0 atom stereocenters. The number of fused-ring (bicyclic) bond motifs is 1. The van der Waals surface area contributed by atoms with E-state index < -0.39 is 9.84 Å². The second-order valence-corrected chi connectivity index (χ2v) is 12.8. The number of aromatic nitrogens is 1. The van der Waals surface area contributed by atoms with Crippen LogP contribution < -0.4 is 9.47 Å². The molecule has 0 aliphatic carbocycles. The van der Waals surface area contributed by atoms with Gasteiger partial charge in [0, 0.05) is 11.6 Å². The van der Waals surface area contributed by atoms with Gasteiger partial charge in [0.2, 0.25) is 9.84 Å². The monoisotopic (exact) mass is 567 g/mol. The second kappa shape index (κ2) is 18.0. The van der Waals surface area contributed by atoms with Gasteiger partial charge in [0.15, 0.2) is 0 Å². The number of methoxy groups -OCH3 is 1. The molecule has 220 valence electrons. The van der Waals surface area contributed by atoms with Crippen molar-refractivity contribution in [2.24, 2.45) is 0 Å². The Bertz CT molecular complexity index is 1220. The smallest absolute Gasteiger partial charge is 0.208 e. The highest BCUT2D eigenvalue weighted by Crippen LogP contribution is 2.27. The largest absolute Gasteiger partial charge is 0.497 e. The molecule has 6 heteroatoms. The van der Waals surface area contributed by atoms with Crippen LogP contribution in [0.2, 0.25) is 0 Å². The van der Waals surface area contributed by atoms with Gasteiger partial charge >= 0.3 is 0 Å². The van der Waals surface area contributed by atoms with Crippen LogP contribution in [-0.2, 0) is 9.84 Å². The van der Waals surface area contributed by atoms with Crippen molar-refractivity contribution in [2.75, 3.05) is 13.7 Å². The fourth-order valence-electron chi connectivity index (χ4n) is 5.05. The number of unbranched alkanes of at least 4 members (excludes halogenated alkanes) is 15. The number of sulfone groups is 1. The standard InChI is InChI=1S/C34H49NO4S/c1-3-4-5-6-7-8-9-10-11-12-13-14-15-16-17-18-25-39-30-19-22-32(23-20-30)40(36,37)33-27-29-26-31(38-2)21-24-34(29)35-28-33/h19-24,26-28H,3-18,25H2,1-2H3. The normalized spacial score (nSPS) is 11.7. The maximum Gasteiger partial charge on any atom is 0.208 e. The van der Waals surface area contributed by atoms with Crippen molar-refractivity contribution >= 4 is 20.7 Å². The third-order valence-corrected chi connectivity index (χ3v) is 9.31. The van der Waals surface area contributed by atoms with Crippen LogP contribution in [-0.4, -0.2) is 27.1 Å². The third-order valence-electron chi connectivity index (χ3n) is 7.57. The molecule has 3 aromatic rings. The Morgan fingerprint density at radius 3 is 1.70 bits per heavy atom. The summed E-state index contributed by atoms with van der Waals surface area (Å²) in [5, 5.41) is 0.721. The number of hydrogen-bond acceptors (Lipinski definition) is 5. The number of rotatable bonds is 21. The van der Waals surface area contributed by atoms with Gasteiger partial charge in [-0.2, -0.15) is 0 Å². The summed E-state index contributed by atoms with van der Waals surface area (Å²) in [6.45, 7) is 2.93. The van der Waals surface area contributed by atoms with E-state index in [1.165, 1.54) is 103 Å². The van der Waals surface area contributed by atoms with Crippen LogP contribution >= 0.6 is 0 Å². The highest BCUT2D eigenvalue weighted by atomic mass is 32.2. The van der Waals surface area contributed by atoms with Crippen molar-refractivity contribution in [3.63, 3.8) is 0 Å². The maximum atomic E-state index is 13.2. The first kappa shape index (κ1) is 31.9.